The van der Waals surface area contributed by atoms with Gasteiger partial charge in [-0.3, -0.25) is 9.59 Å². The Labute approximate surface area is 197 Å². The standard InChI is InChI=1S/C28H36N2O3/c1-3-5-10-14-24(31)30-20(4-2)19-28-23-15-17-29(27(28)32)16-12-9-7-6-8-11-13-21-18-22(23)25(33-21)26(28)30/h3-4,6,8,18,20,23,26H,1-2,5,7,9-17,19H2/t20-,23-,26-,28-/m0/s1. The van der Waals surface area contributed by atoms with E-state index in [1.54, 1.807) is 0 Å². The maximum Gasteiger partial charge on any atom is 0.232 e. The number of rotatable bonds is 5. The Bertz CT molecular complexity index is 976. The maximum absolute atomic E-state index is 14.2. The number of aryl methyl sites for hydroxylation is 1. The number of nitrogens with zero attached hydrogens (tertiary/aromatic N) is 2. The molecule has 2 saturated heterocycles. The molecule has 0 aromatic carbocycles. The molecule has 5 nitrogen and oxygen atoms in total. The molecule has 0 unspecified atom stereocenters. The number of hydrogen-bond acceptors (Lipinski definition) is 3. The number of hydrogen-bond donors (Lipinski definition) is 0. The van der Waals surface area contributed by atoms with Gasteiger partial charge in [-0.15, -0.1) is 13.2 Å². The molecule has 5 heterocycles. The predicted octanol–water partition coefficient (Wildman–Crippen LogP) is 5.45. The van der Waals surface area contributed by atoms with Crippen molar-refractivity contribution in [3.63, 3.8) is 0 Å². The molecule has 2 amide bonds. The number of piperidine rings is 1. The van der Waals surface area contributed by atoms with Crippen molar-refractivity contribution in [2.45, 2.75) is 82.2 Å². The number of unbranched alkanes of at least 4 members (excludes halogenated alkanes) is 1. The summed E-state index contributed by atoms with van der Waals surface area (Å²) in [5.41, 5.74) is 0.560. The van der Waals surface area contributed by atoms with Crippen LogP contribution in [-0.4, -0.2) is 40.7 Å². The Morgan fingerprint density at radius 1 is 1.21 bits per heavy atom. The summed E-state index contributed by atoms with van der Waals surface area (Å²) in [4.78, 5) is 31.7. The SMILES string of the molecule is C=CCCCC(=O)N1[C@H]2c3oc4cc3[C@@H]3CCN(CCCCC=CCC4)C(=O)[C@]23C[C@@H]1C=C. The van der Waals surface area contributed by atoms with Gasteiger partial charge in [-0.05, 0) is 57.4 Å². The number of likely N-dealkylation sites (tertiary alicyclic amines) is 1. The summed E-state index contributed by atoms with van der Waals surface area (Å²) in [7, 11) is 0. The van der Waals surface area contributed by atoms with E-state index in [2.05, 4.69) is 36.3 Å². The van der Waals surface area contributed by atoms with Crippen molar-refractivity contribution in [2.75, 3.05) is 13.1 Å². The average molecular weight is 449 g/mol. The summed E-state index contributed by atoms with van der Waals surface area (Å²) in [5, 5.41) is 0. The smallest absolute Gasteiger partial charge is 0.232 e. The van der Waals surface area contributed by atoms with Gasteiger partial charge in [0.05, 0.1) is 11.5 Å². The van der Waals surface area contributed by atoms with E-state index in [-0.39, 0.29) is 29.8 Å². The molecule has 5 aliphatic rings. The Hall–Kier alpha value is -2.56. The molecule has 0 N–H and O–H groups in total. The highest BCUT2D eigenvalue weighted by molar-refractivity contribution is 5.90. The minimum atomic E-state index is -0.615. The van der Waals surface area contributed by atoms with E-state index >= 15 is 0 Å². The van der Waals surface area contributed by atoms with Crippen LogP contribution in [0, 0.1) is 5.41 Å². The second-order valence-electron chi connectivity index (χ2n) is 10.1. The van der Waals surface area contributed by atoms with E-state index in [0.29, 0.717) is 12.8 Å². The third kappa shape index (κ3) is 3.51. The lowest BCUT2D eigenvalue weighted by atomic mass is 9.67. The number of fused-ring (bicyclic) bond motifs is 7. The third-order valence-corrected chi connectivity index (χ3v) is 8.26. The summed E-state index contributed by atoms with van der Waals surface area (Å²) >= 11 is 0. The van der Waals surface area contributed by atoms with Gasteiger partial charge in [0.1, 0.15) is 17.6 Å². The number of furan rings is 1. The van der Waals surface area contributed by atoms with Gasteiger partial charge in [-0.1, -0.05) is 24.3 Å². The average Bonchev–Trinajstić information content (AvgIpc) is 3.43. The lowest BCUT2D eigenvalue weighted by Crippen LogP contribution is -2.53. The molecule has 0 saturated carbocycles. The maximum atomic E-state index is 14.2. The Kier molecular flexibility index (Phi) is 6.07. The zero-order valence-electron chi connectivity index (χ0n) is 19.6. The second-order valence-corrected chi connectivity index (χ2v) is 10.1. The van der Waals surface area contributed by atoms with Gasteiger partial charge in [0, 0.05) is 37.4 Å². The molecule has 0 radical (unpaired) electrons. The summed E-state index contributed by atoms with van der Waals surface area (Å²) < 4.78 is 6.49. The normalized spacial score (nSPS) is 30.9. The fourth-order valence-corrected chi connectivity index (χ4v) is 6.79. The highest BCUT2D eigenvalue weighted by Crippen LogP contribution is 2.67. The van der Waals surface area contributed by atoms with Gasteiger partial charge < -0.3 is 14.2 Å². The highest BCUT2D eigenvalue weighted by Gasteiger charge is 2.69. The lowest BCUT2D eigenvalue weighted by molar-refractivity contribution is -0.151. The molecule has 33 heavy (non-hydrogen) atoms. The van der Waals surface area contributed by atoms with Gasteiger partial charge in [0.2, 0.25) is 11.8 Å². The molecule has 2 fully saturated rings. The lowest BCUT2D eigenvalue weighted by Gasteiger charge is -2.44. The van der Waals surface area contributed by atoms with Crippen molar-refractivity contribution in [2.24, 2.45) is 5.41 Å². The molecular weight excluding hydrogens is 412 g/mol. The van der Waals surface area contributed by atoms with Crippen molar-refractivity contribution in [1.29, 1.82) is 0 Å². The van der Waals surface area contributed by atoms with Crippen LogP contribution >= 0.6 is 0 Å². The molecule has 1 aromatic rings. The van der Waals surface area contributed by atoms with Crippen molar-refractivity contribution < 1.29 is 14.0 Å². The van der Waals surface area contributed by atoms with Crippen LogP contribution in [0.3, 0.4) is 0 Å². The van der Waals surface area contributed by atoms with Crippen LogP contribution in [0.2, 0.25) is 0 Å². The van der Waals surface area contributed by atoms with Crippen LogP contribution in [0.5, 0.6) is 0 Å². The molecule has 5 heteroatoms. The molecule has 1 spiro atoms. The number of carbonyl (C=O) groups is 2. The first-order chi connectivity index (χ1) is 16.1. The Morgan fingerprint density at radius 3 is 2.88 bits per heavy atom. The quantitative estimate of drug-likeness (QED) is 0.444. The van der Waals surface area contributed by atoms with Gasteiger partial charge in [0.15, 0.2) is 0 Å². The summed E-state index contributed by atoms with van der Waals surface area (Å²) in [5.74, 6) is 2.27. The van der Waals surface area contributed by atoms with Crippen molar-refractivity contribution in [3.8, 4) is 0 Å². The Balaban J connectivity index is 1.59. The zero-order valence-corrected chi connectivity index (χ0v) is 19.6. The summed E-state index contributed by atoms with van der Waals surface area (Å²) in [6.45, 7) is 9.44. The summed E-state index contributed by atoms with van der Waals surface area (Å²) in [6, 6.07) is 1.74. The molecule has 1 aliphatic carbocycles. The number of carbonyl (C=O) groups excluding carboxylic acids is 2. The topological polar surface area (TPSA) is 53.8 Å². The largest absolute Gasteiger partial charge is 0.464 e. The van der Waals surface area contributed by atoms with E-state index in [9.17, 15) is 9.59 Å². The minimum absolute atomic E-state index is 0.0962. The molecule has 1 aromatic heterocycles. The van der Waals surface area contributed by atoms with Crippen LogP contribution in [0.25, 0.3) is 0 Å². The minimum Gasteiger partial charge on any atom is -0.464 e. The van der Waals surface area contributed by atoms with Crippen LogP contribution in [-0.2, 0) is 16.0 Å². The first-order valence-electron chi connectivity index (χ1n) is 12.7. The summed E-state index contributed by atoms with van der Waals surface area (Å²) in [6.07, 6.45) is 16.8. The predicted molar refractivity (Wildman–Crippen MR) is 129 cm³/mol. The fraction of sp³-hybridized carbons (Fsp3) is 0.571. The first kappa shape index (κ1) is 22.2. The van der Waals surface area contributed by atoms with Gasteiger partial charge in [-0.25, -0.2) is 0 Å². The van der Waals surface area contributed by atoms with Crippen molar-refractivity contribution >= 4 is 11.8 Å². The van der Waals surface area contributed by atoms with Crippen molar-refractivity contribution in [3.05, 3.63) is 60.6 Å². The van der Waals surface area contributed by atoms with Crippen LogP contribution in [0.1, 0.15) is 86.8 Å². The van der Waals surface area contributed by atoms with Gasteiger partial charge in [-0.2, -0.15) is 0 Å². The first-order valence-corrected chi connectivity index (χ1v) is 12.7. The molecule has 4 aliphatic heterocycles. The highest BCUT2D eigenvalue weighted by atomic mass is 16.3. The molecule has 6 rings (SSSR count). The monoisotopic (exact) mass is 448 g/mol. The van der Waals surface area contributed by atoms with E-state index in [0.717, 1.165) is 76.0 Å². The number of allylic oxidation sites excluding steroid dienone is 3. The van der Waals surface area contributed by atoms with Crippen LogP contribution in [0.15, 0.2) is 47.9 Å². The van der Waals surface area contributed by atoms with E-state index in [4.69, 9.17) is 4.42 Å². The number of amides is 2. The zero-order chi connectivity index (χ0) is 23.0. The molecule has 4 atom stereocenters. The van der Waals surface area contributed by atoms with E-state index in [1.165, 1.54) is 5.56 Å². The fourth-order valence-electron chi connectivity index (χ4n) is 6.79. The van der Waals surface area contributed by atoms with Crippen LogP contribution < -0.4 is 0 Å². The van der Waals surface area contributed by atoms with Gasteiger partial charge in [0.25, 0.3) is 0 Å². The van der Waals surface area contributed by atoms with E-state index < -0.39 is 5.41 Å². The van der Waals surface area contributed by atoms with Crippen molar-refractivity contribution in [1.82, 2.24) is 9.80 Å². The molecule has 6 bridgehead atoms. The van der Waals surface area contributed by atoms with E-state index in [1.807, 2.05) is 17.1 Å². The molecule has 176 valence electrons. The molecular formula is C28H36N2O3. The van der Waals surface area contributed by atoms with Crippen LogP contribution in [0.4, 0.5) is 0 Å². The second kappa shape index (κ2) is 9.00. The van der Waals surface area contributed by atoms with Gasteiger partial charge >= 0.3 is 0 Å². The third-order valence-electron chi connectivity index (χ3n) is 8.26. The Morgan fingerprint density at radius 2 is 2.06 bits per heavy atom.